The first-order valence-electron chi connectivity index (χ1n) is 15.2. The normalized spacial score (nSPS) is 9.25. The molecule has 3 aromatic rings. The van der Waals surface area contributed by atoms with Gasteiger partial charge < -0.3 is 28.4 Å². The van der Waals surface area contributed by atoms with Gasteiger partial charge in [-0.15, -0.1) is 0 Å². The Balaban J connectivity index is 0.000000667. The van der Waals surface area contributed by atoms with E-state index in [-0.39, 0.29) is 0 Å². The zero-order valence-electron chi connectivity index (χ0n) is 28.4. The molecule has 10 nitrogen and oxygen atoms in total. The number of allylic oxidation sites excluding steroid dienone is 1. The Morgan fingerprint density at radius 3 is 1.48 bits per heavy atom. The molecular weight excluding hydrogens is 616 g/mol. The molecule has 10 heteroatoms. The van der Waals surface area contributed by atoms with Crippen molar-refractivity contribution in [1.82, 2.24) is 0 Å². The molecule has 0 saturated heterocycles. The Hall–Kier alpha value is -5.22. The molecule has 260 valence electrons. The fraction of sp³-hybridized carbons (Fsp3) is 0.316. The van der Waals surface area contributed by atoms with E-state index in [1.54, 1.807) is 69.9 Å². The lowest BCUT2D eigenvalue weighted by molar-refractivity contribution is -0.137. The number of unbranched alkanes of at least 4 members (excludes halogenated alkanes) is 2. The van der Waals surface area contributed by atoms with Crippen molar-refractivity contribution >= 4 is 24.8 Å². The Labute approximate surface area is 284 Å². The third kappa shape index (κ3) is 21.5. The SMILES string of the molecule is C=CC(=O)OCCCCOc1ccc(C=O)cc1.C=CC=O.COCCCCOc1ccc(C=O)cc1.COc1ccc(OC)c(C)c1. The molecule has 0 spiro atoms. The minimum Gasteiger partial charge on any atom is -0.497 e. The van der Waals surface area contributed by atoms with Crippen LogP contribution in [0, 0.1) is 6.92 Å². The molecule has 0 bridgehead atoms. The van der Waals surface area contributed by atoms with E-state index in [4.69, 9.17) is 33.2 Å². The molecule has 0 heterocycles. The molecule has 0 aliphatic carbocycles. The fourth-order valence-electron chi connectivity index (χ4n) is 3.43. The van der Waals surface area contributed by atoms with Crippen molar-refractivity contribution in [2.45, 2.75) is 32.6 Å². The summed E-state index contributed by atoms with van der Waals surface area (Å²) >= 11 is 0. The predicted octanol–water partition coefficient (Wildman–Crippen LogP) is 7.08. The average Bonchev–Trinajstić information content (AvgIpc) is 3.13. The van der Waals surface area contributed by atoms with Crippen LogP contribution in [0.5, 0.6) is 23.0 Å². The van der Waals surface area contributed by atoms with Gasteiger partial charge in [0.1, 0.15) is 41.9 Å². The summed E-state index contributed by atoms with van der Waals surface area (Å²) in [6.45, 7) is 10.8. The topological polar surface area (TPSA) is 124 Å². The number of esters is 1. The van der Waals surface area contributed by atoms with Crippen LogP contribution in [-0.4, -0.2) is 72.6 Å². The molecule has 48 heavy (non-hydrogen) atoms. The van der Waals surface area contributed by atoms with Crippen molar-refractivity contribution in [3.05, 3.63) is 109 Å². The summed E-state index contributed by atoms with van der Waals surface area (Å²) in [5, 5.41) is 0. The summed E-state index contributed by atoms with van der Waals surface area (Å²) in [4.78, 5) is 40.6. The molecule has 0 aliphatic heterocycles. The molecule has 0 atom stereocenters. The predicted molar refractivity (Wildman–Crippen MR) is 187 cm³/mol. The Morgan fingerprint density at radius 1 is 0.646 bits per heavy atom. The van der Waals surface area contributed by atoms with Crippen LogP contribution in [0.15, 0.2) is 92.0 Å². The van der Waals surface area contributed by atoms with Crippen LogP contribution < -0.4 is 18.9 Å². The summed E-state index contributed by atoms with van der Waals surface area (Å²) in [5.41, 5.74) is 2.38. The van der Waals surface area contributed by atoms with Gasteiger partial charge in [-0.1, -0.05) is 13.2 Å². The van der Waals surface area contributed by atoms with E-state index in [2.05, 4.69) is 13.2 Å². The molecule has 0 amide bonds. The number of rotatable bonds is 18. The van der Waals surface area contributed by atoms with Crippen molar-refractivity contribution in [1.29, 1.82) is 0 Å². The number of methoxy groups -OCH3 is 3. The van der Waals surface area contributed by atoms with Gasteiger partial charge in [0.2, 0.25) is 0 Å². The van der Waals surface area contributed by atoms with Gasteiger partial charge in [-0.3, -0.25) is 14.4 Å². The van der Waals surface area contributed by atoms with Crippen LogP contribution in [0.2, 0.25) is 0 Å². The molecule has 0 aromatic heterocycles. The van der Waals surface area contributed by atoms with Crippen molar-refractivity contribution in [3.63, 3.8) is 0 Å². The number of hydrogen-bond acceptors (Lipinski definition) is 10. The number of carbonyl (C=O) groups is 4. The lowest BCUT2D eigenvalue weighted by Crippen LogP contribution is -2.04. The van der Waals surface area contributed by atoms with E-state index in [1.165, 1.54) is 6.08 Å². The summed E-state index contributed by atoms with van der Waals surface area (Å²) in [7, 11) is 5.01. The van der Waals surface area contributed by atoms with Crippen LogP contribution in [0.4, 0.5) is 0 Å². The highest BCUT2D eigenvalue weighted by molar-refractivity contribution is 5.81. The third-order valence-corrected chi connectivity index (χ3v) is 5.96. The second kappa shape index (κ2) is 29.2. The van der Waals surface area contributed by atoms with E-state index >= 15 is 0 Å². The molecule has 0 radical (unpaired) electrons. The highest BCUT2D eigenvalue weighted by Crippen LogP contribution is 2.22. The van der Waals surface area contributed by atoms with Crippen LogP contribution >= 0.6 is 0 Å². The van der Waals surface area contributed by atoms with Crippen molar-refractivity contribution in [2.24, 2.45) is 0 Å². The smallest absolute Gasteiger partial charge is 0.330 e. The van der Waals surface area contributed by atoms with Gasteiger partial charge in [0.25, 0.3) is 0 Å². The zero-order valence-corrected chi connectivity index (χ0v) is 28.4. The second-order valence-electron chi connectivity index (χ2n) is 9.56. The maximum Gasteiger partial charge on any atom is 0.330 e. The molecule has 0 unspecified atom stereocenters. The summed E-state index contributed by atoms with van der Waals surface area (Å²) < 4.78 is 30.8. The Bertz CT molecular complexity index is 1310. The van der Waals surface area contributed by atoms with Gasteiger partial charge in [-0.25, -0.2) is 4.79 Å². The quantitative estimate of drug-likeness (QED) is 0.0603. The van der Waals surface area contributed by atoms with Gasteiger partial charge in [-0.05, 0) is 111 Å². The molecule has 3 rings (SSSR count). The van der Waals surface area contributed by atoms with Crippen molar-refractivity contribution in [3.8, 4) is 23.0 Å². The monoisotopic (exact) mass is 664 g/mol. The van der Waals surface area contributed by atoms with Crippen molar-refractivity contribution in [2.75, 3.05) is 47.8 Å². The molecule has 0 N–H and O–H groups in total. The summed E-state index contributed by atoms with van der Waals surface area (Å²) in [5.74, 6) is 2.89. The molecular formula is C38H48O10. The number of carbonyl (C=O) groups excluding carboxylic acids is 4. The minimum atomic E-state index is -0.402. The molecule has 0 saturated carbocycles. The standard InChI is InChI=1S/C14H16O4.C12H16O3.C9H12O2.C3H4O/c1-2-14(16)18-10-4-3-9-17-13-7-5-12(11-15)6-8-13;1-14-8-2-3-9-15-12-6-4-11(10-13)5-7-12;1-7-6-8(10-2)4-5-9(7)11-3;1-2-3-4/h2,5-8,11H,1,3-4,9-10H2;4-7,10H,2-3,8-9H2,1H3;4-6H,1-3H3;2-3H,1H2. The van der Waals surface area contributed by atoms with Crippen LogP contribution in [0.1, 0.15) is 52.0 Å². The average molecular weight is 665 g/mol. The van der Waals surface area contributed by atoms with Gasteiger partial charge in [0, 0.05) is 30.9 Å². The van der Waals surface area contributed by atoms with E-state index in [9.17, 15) is 14.4 Å². The fourth-order valence-corrected chi connectivity index (χ4v) is 3.43. The Morgan fingerprint density at radius 2 is 1.10 bits per heavy atom. The Kier molecular flexibility index (Phi) is 26.0. The largest absolute Gasteiger partial charge is 0.497 e. The first-order chi connectivity index (χ1) is 23.3. The van der Waals surface area contributed by atoms with E-state index in [0.29, 0.717) is 37.2 Å². The second-order valence-corrected chi connectivity index (χ2v) is 9.56. The van der Waals surface area contributed by atoms with Gasteiger partial charge in [0.05, 0.1) is 34.0 Å². The van der Waals surface area contributed by atoms with Crippen LogP contribution in [0.3, 0.4) is 0 Å². The summed E-state index contributed by atoms with van der Waals surface area (Å²) in [6, 6.07) is 19.7. The number of hydrogen-bond donors (Lipinski definition) is 0. The van der Waals surface area contributed by atoms with Crippen LogP contribution in [-0.2, 0) is 19.1 Å². The van der Waals surface area contributed by atoms with Crippen LogP contribution in [0.25, 0.3) is 0 Å². The van der Waals surface area contributed by atoms with Gasteiger partial charge in [-0.2, -0.15) is 0 Å². The molecule has 3 aromatic carbocycles. The maximum absolute atomic E-state index is 10.7. The number of benzene rings is 3. The zero-order chi connectivity index (χ0) is 35.8. The van der Waals surface area contributed by atoms with Gasteiger partial charge in [0.15, 0.2) is 0 Å². The van der Waals surface area contributed by atoms with Crippen molar-refractivity contribution < 1.29 is 47.6 Å². The highest BCUT2D eigenvalue weighted by atomic mass is 16.5. The molecule has 0 fully saturated rings. The lowest BCUT2D eigenvalue weighted by atomic mass is 10.2. The maximum atomic E-state index is 10.7. The summed E-state index contributed by atoms with van der Waals surface area (Å²) in [6.07, 6.45) is 8.10. The minimum absolute atomic E-state index is 0.373. The van der Waals surface area contributed by atoms with E-state index < -0.39 is 5.97 Å². The number of aryl methyl sites for hydroxylation is 1. The van der Waals surface area contributed by atoms with Gasteiger partial charge >= 0.3 is 5.97 Å². The number of ether oxygens (including phenoxy) is 6. The first kappa shape index (κ1) is 42.8. The van der Waals surface area contributed by atoms with E-state index in [1.807, 2.05) is 25.1 Å². The lowest BCUT2D eigenvalue weighted by Gasteiger charge is -2.06. The molecule has 0 aliphatic rings. The highest BCUT2D eigenvalue weighted by Gasteiger charge is 1.99. The van der Waals surface area contributed by atoms with E-state index in [0.717, 1.165) is 79.5 Å². The third-order valence-electron chi connectivity index (χ3n) is 5.96. The first-order valence-corrected chi connectivity index (χ1v) is 15.2. The number of aldehydes is 3.